The molecule has 0 unspecified atom stereocenters. The minimum atomic E-state index is 1.25. The van der Waals surface area contributed by atoms with Gasteiger partial charge in [0.1, 0.15) is 0 Å². The van der Waals surface area contributed by atoms with E-state index >= 15 is 0 Å². The second kappa shape index (κ2) is 16.5. The lowest BCUT2D eigenvalue weighted by Gasteiger charge is -1.96. The van der Waals surface area contributed by atoms with Crippen LogP contribution >= 0.6 is 0 Å². The molecule has 0 aromatic rings. The molecule has 0 amide bonds. The number of hydrogen-bond donors (Lipinski definition) is 0. The average molecular weight is 250 g/mol. The van der Waals surface area contributed by atoms with Crippen LogP contribution in [-0.2, 0) is 0 Å². The van der Waals surface area contributed by atoms with Crippen molar-refractivity contribution in [2.75, 3.05) is 0 Å². The fourth-order valence-electron chi connectivity index (χ4n) is 2.01. The van der Waals surface area contributed by atoms with E-state index in [2.05, 4.69) is 38.2 Å². The quantitative estimate of drug-likeness (QED) is 0.248. The normalized spacial score (nSPS) is 11.9. The summed E-state index contributed by atoms with van der Waals surface area (Å²) in [4.78, 5) is 0. The Hall–Kier alpha value is -0.520. The average Bonchev–Trinajstić information content (AvgIpc) is 2.39. The first-order valence-electron chi connectivity index (χ1n) is 8.21. The Labute approximate surface area is 116 Å². The molecule has 0 atom stereocenters. The summed E-state index contributed by atoms with van der Waals surface area (Å²) in [6, 6.07) is 0. The third kappa shape index (κ3) is 15.5. The molecule has 0 fully saturated rings. The van der Waals surface area contributed by atoms with E-state index in [9.17, 15) is 0 Å². The number of unbranched alkanes of at least 4 members (excludes halogenated alkanes) is 9. The largest absolute Gasteiger partial charge is 0.0885 e. The van der Waals surface area contributed by atoms with Crippen LogP contribution in [0.4, 0.5) is 0 Å². The van der Waals surface area contributed by atoms with Crippen molar-refractivity contribution in [1.82, 2.24) is 0 Å². The van der Waals surface area contributed by atoms with Crippen molar-refractivity contribution in [2.24, 2.45) is 0 Å². The molecule has 0 bridgehead atoms. The second-order valence-corrected chi connectivity index (χ2v) is 5.22. The van der Waals surface area contributed by atoms with Crippen LogP contribution in [0.3, 0.4) is 0 Å². The Kier molecular flexibility index (Phi) is 16.0. The van der Waals surface area contributed by atoms with Crippen molar-refractivity contribution < 1.29 is 0 Å². The summed E-state index contributed by atoms with van der Waals surface area (Å²) in [6.07, 6.45) is 25.5. The van der Waals surface area contributed by atoms with Gasteiger partial charge >= 0.3 is 0 Å². The van der Waals surface area contributed by atoms with Gasteiger partial charge in [-0.15, -0.1) is 0 Å². The molecule has 0 aliphatic heterocycles. The van der Waals surface area contributed by atoms with E-state index in [4.69, 9.17) is 0 Å². The predicted molar refractivity (Wildman–Crippen MR) is 85.0 cm³/mol. The highest BCUT2D eigenvalue weighted by Gasteiger charge is 1.86. The second-order valence-electron chi connectivity index (χ2n) is 5.22. The minimum absolute atomic E-state index is 1.25. The molecule has 18 heavy (non-hydrogen) atoms. The maximum absolute atomic E-state index is 2.38. The summed E-state index contributed by atoms with van der Waals surface area (Å²) < 4.78 is 0. The number of allylic oxidation sites excluding steroid dienone is 4. The molecule has 106 valence electrons. The van der Waals surface area contributed by atoms with Gasteiger partial charge in [0.15, 0.2) is 0 Å². The first-order valence-corrected chi connectivity index (χ1v) is 8.21. The summed E-state index contributed by atoms with van der Waals surface area (Å²) in [5, 5.41) is 0. The van der Waals surface area contributed by atoms with Gasteiger partial charge in [-0.05, 0) is 38.5 Å². The highest BCUT2D eigenvalue weighted by Crippen LogP contribution is 2.06. The fourth-order valence-corrected chi connectivity index (χ4v) is 2.01. The van der Waals surface area contributed by atoms with Gasteiger partial charge in [0, 0.05) is 0 Å². The van der Waals surface area contributed by atoms with Crippen LogP contribution in [-0.4, -0.2) is 0 Å². The Bertz CT molecular complexity index is 188. The maximum Gasteiger partial charge on any atom is -0.0348 e. The molecule has 0 spiro atoms. The van der Waals surface area contributed by atoms with Crippen molar-refractivity contribution in [3.05, 3.63) is 24.3 Å². The topological polar surface area (TPSA) is 0 Å². The number of rotatable bonds is 13. The van der Waals surface area contributed by atoms with E-state index in [0.717, 1.165) is 0 Å². The van der Waals surface area contributed by atoms with Crippen LogP contribution in [0.25, 0.3) is 0 Å². The summed E-state index contributed by atoms with van der Waals surface area (Å²) in [5.41, 5.74) is 0. The van der Waals surface area contributed by atoms with Crippen LogP contribution < -0.4 is 0 Å². The van der Waals surface area contributed by atoms with Crippen LogP contribution in [0.5, 0.6) is 0 Å². The van der Waals surface area contributed by atoms with E-state index in [-0.39, 0.29) is 0 Å². The van der Waals surface area contributed by atoms with Crippen LogP contribution in [0, 0.1) is 0 Å². The van der Waals surface area contributed by atoms with Gasteiger partial charge in [-0.3, -0.25) is 0 Å². The molecule has 0 heterocycles. The molecule has 0 aliphatic rings. The predicted octanol–water partition coefficient (Wildman–Crippen LogP) is 6.82. The van der Waals surface area contributed by atoms with Crippen LogP contribution in [0.1, 0.15) is 90.9 Å². The van der Waals surface area contributed by atoms with Crippen molar-refractivity contribution in [2.45, 2.75) is 90.9 Å². The van der Waals surface area contributed by atoms with Gasteiger partial charge in [0.05, 0.1) is 0 Å². The zero-order chi connectivity index (χ0) is 13.3. The SMILES string of the molecule is CCCCC=CCCCC=CCCCCCCC. The van der Waals surface area contributed by atoms with Gasteiger partial charge in [-0.2, -0.15) is 0 Å². The van der Waals surface area contributed by atoms with Crippen LogP contribution in [0.15, 0.2) is 24.3 Å². The highest BCUT2D eigenvalue weighted by molar-refractivity contribution is 4.85. The third-order valence-corrected chi connectivity index (χ3v) is 3.27. The fraction of sp³-hybridized carbons (Fsp3) is 0.778. The van der Waals surface area contributed by atoms with E-state index in [0.29, 0.717) is 0 Å². The first kappa shape index (κ1) is 17.5. The van der Waals surface area contributed by atoms with Crippen molar-refractivity contribution >= 4 is 0 Å². The van der Waals surface area contributed by atoms with Gasteiger partial charge in [-0.1, -0.05) is 76.7 Å². The molecule has 0 radical (unpaired) electrons. The molecule has 0 aliphatic carbocycles. The Morgan fingerprint density at radius 3 is 1.44 bits per heavy atom. The molecule has 0 heteroatoms. The summed E-state index contributed by atoms with van der Waals surface area (Å²) in [5.74, 6) is 0. The molecule has 0 aromatic heterocycles. The Balaban J connectivity index is 3.11. The molecule has 0 rings (SSSR count). The lowest BCUT2D eigenvalue weighted by molar-refractivity contribution is 0.637. The Morgan fingerprint density at radius 1 is 0.444 bits per heavy atom. The highest BCUT2D eigenvalue weighted by atomic mass is 13.9. The van der Waals surface area contributed by atoms with E-state index in [1.54, 1.807) is 0 Å². The standard InChI is InChI=1S/C18H34/c1-3-5-7-9-11-13-15-17-18-16-14-12-10-8-6-4-2/h9,11,16,18H,3-8,10,12-15,17H2,1-2H3. The third-order valence-electron chi connectivity index (χ3n) is 3.27. The number of hydrogen-bond acceptors (Lipinski definition) is 0. The molecular weight excluding hydrogens is 216 g/mol. The molecule has 0 nitrogen and oxygen atoms in total. The lowest BCUT2D eigenvalue weighted by Crippen LogP contribution is -1.76. The van der Waals surface area contributed by atoms with Crippen LogP contribution in [0.2, 0.25) is 0 Å². The molecular formula is C18H34. The van der Waals surface area contributed by atoms with Gasteiger partial charge in [-0.25, -0.2) is 0 Å². The summed E-state index contributed by atoms with van der Waals surface area (Å²) in [7, 11) is 0. The first-order chi connectivity index (χ1) is 8.91. The lowest BCUT2D eigenvalue weighted by atomic mass is 10.1. The Morgan fingerprint density at radius 2 is 0.889 bits per heavy atom. The molecule has 0 aromatic carbocycles. The monoisotopic (exact) mass is 250 g/mol. The summed E-state index contributed by atoms with van der Waals surface area (Å²) >= 11 is 0. The zero-order valence-electron chi connectivity index (χ0n) is 12.8. The maximum atomic E-state index is 2.38. The van der Waals surface area contributed by atoms with Crippen molar-refractivity contribution in [3.8, 4) is 0 Å². The zero-order valence-corrected chi connectivity index (χ0v) is 12.8. The van der Waals surface area contributed by atoms with Gasteiger partial charge < -0.3 is 0 Å². The van der Waals surface area contributed by atoms with Gasteiger partial charge in [0.2, 0.25) is 0 Å². The smallest absolute Gasteiger partial charge is 0.0348 e. The van der Waals surface area contributed by atoms with E-state index in [1.807, 2.05) is 0 Å². The van der Waals surface area contributed by atoms with Gasteiger partial charge in [0.25, 0.3) is 0 Å². The van der Waals surface area contributed by atoms with E-state index < -0.39 is 0 Å². The van der Waals surface area contributed by atoms with E-state index in [1.165, 1.54) is 77.0 Å². The molecule has 0 saturated carbocycles. The summed E-state index contributed by atoms with van der Waals surface area (Å²) in [6.45, 7) is 4.53. The minimum Gasteiger partial charge on any atom is -0.0885 e. The van der Waals surface area contributed by atoms with Crippen molar-refractivity contribution in [1.29, 1.82) is 0 Å². The molecule has 0 N–H and O–H groups in total. The molecule has 0 saturated heterocycles. The van der Waals surface area contributed by atoms with Crippen molar-refractivity contribution in [3.63, 3.8) is 0 Å².